The Morgan fingerprint density at radius 3 is 1.55 bits per heavy atom. The lowest BCUT2D eigenvalue weighted by atomic mass is 9.96. The first-order chi connectivity index (χ1) is 20.8. The van der Waals surface area contributed by atoms with Crippen LogP contribution in [0.5, 0.6) is 0 Å². The molecule has 8 rings (SSSR count). The van der Waals surface area contributed by atoms with Crippen molar-refractivity contribution in [3.8, 4) is 45.3 Å². The number of benzene rings is 7. The Bertz CT molecular complexity index is 2240. The lowest BCUT2D eigenvalue weighted by Crippen LogP contribution is -2.00. The van der Waals surface area contributed by atoms with Gasteiger partial charge in [0.05, 0.1) is 0 Å². The summed E-state index contributed by atoms with van der Waals surface area (Å²) < 4.78 is 0. The molecule has 1 aromatic heterocycles. The Hall–Kier alpha value is -5.67. The maximum absolute atomic E-state index is 5.11. The molecule has 0 atom stereocenters. The molecule has 0 aliphatic heterocycles. The van der Waals surface area contributed by atoms with Gasteiger partial charge in [0.2, 0.25) is 0 Å². The molecule has 0 amide bonds. The van der Waals surface area contributed by atoms with Crippen molar-refractivity contribution in [2.75, 3.05) is 0 Å². The number of nitrogens with zero attached hydrogens (tertiary/aromatic N) is 3. The van der Waals surface area contributed by atoms with Crippen molar-refractivity contribution in [2.24, 2.45) is 0 Å². The molecular weight excluding hydrogens is 510 g/mol. The molecule has 0 aliphatic rings. The predicted molar refractivity (Wildman–Crippen MR) is 174 cm³/mol. The van der Waals surface area contributed by atoms with Gasteiger partial charge in [0, 0.05) is 16.7 Å². The van der Waals surface area contributed by atoms with Crippen LogP contribution in [0.1, 0.15) is 0 Å². The summed E-state index contributed by atoms with van der Waals surface area (Å²) >= 11 is 0. The third-order valence-electron chi connectivity index (χ3n) is 7.88. The van der Waals surface area contributed by atoms with Gasteiger partial charge in [-0.3, -0.25) is 0 Å². The molecule has 196 valence electrons. The van der Waals surface area contributed by atoms with E-state index in [2.05, 4.69) is 115 Å². The molecule has 0 aliphatic carbocycles. The molecule has 0 fully saturated rings. The van der Waals surface area contributed by atoms with E-state index in [4.69, 9.17) is 15.0 Å². The SMILES string of the molecule is c1ccc(-c2ccc3cc(-c4nc(-c5ccccc5)nc(-c5cc6ccccc6c6ccccc56)n4)ccc3c2)cc1. The van der Waals surface area contributed by atoms with Crippen LogP contribution in [0.2, 0.25) is 0 Å². The van der Waals surface area contributed by atoms with Gasteiger partial charge in [-0.25, -0.2) is 15.0 Å². The van der Waals surface area contributed by atoms with Gasteiger partial charge < -0.3 is 0 Å². The summed E-state index contributed by atoms with van der Waals surface area (Å²) in [4.78, 5) is 15.1. The molecule has 0 saturated heterocycles. The monoisotopic (exact) mass is 535 g/mol. The van der Waals surface area contributed by atoms with Gasteiger partial charge in [0.25, 0.3) is 0 Å². The van der Waals surface area contributed by atoms with Crippen LogP contribution in [0.25, 0.3) is 77.6 Å². The summed E-state index contributed by atoms with van der Waals surface area (Å²) in [5.41, 5.74) is 5.33. The highest BCUT2D eigenvalue weighted by atomic mass is 15.0. The molecule has 0 unspecified atom stereocenters. The van der Waals surface area contributed by atoms with Crippen molar-refractivity contribution in [3.63, 3.8) is 0 Å². The largest absolute Gasteiger partial charge is 0.208 e. The second-order valence-electron chi connectivity index (χ2n) is 10.5. The van der Waals surface area contributed by atoms with E-state index in [-0.39, 0.29) is 0 Å². The molecule has 7 aromatic carbocycles. The smallest absolute Gasteiger partial charge is 0.164 e. The number of hydrogen-bond donors (Lipinski definition) is 0. The highest BCUT2D eigenvalue weighted by molar-refractivity contribution is 6.13. The second kappa shape index (κ2) is 10.1. The lowest BCUT2D eigenvalue weighted by molar-refractivity contribution is 1.08. The summed E-state index contributed by atoms with van der Waals surface area (Å²) in [5, 5.41) is 7.02. The number of hydrogen-bond acceptors (Lipinski definition) is 3. The third-order valence-corrected chi connectivity index (χ3v) is 7.88. The molecular formula is C39H25N3. The Morgan fingerprint density at radius 2 is 0.810 bits per heavy atom. The van der Waals surface area contributed by atoms with Gasteiger partial charge in [-0.1, -0.05) is 133 Å². The van der Waals surface area contributed by atoms with Crippen LogP contribution in [-0.4, -0.2) is 15.0 Å². The highest BCUT2D eigenvalue weighted by Crippen LogP contribution is 2.35. The van der Waals surface area contributed by atoms with Gasteiger partial charge in [0.1, 0.15) is 0 Å². The summed E-state index contributed by atoms with van der Waals surface area (Å²) in [7, 11) is 0. The Kier molecular flexibility index (Phi) is 5.79. The zero-order valence-corrected chi connectivity index (χ0v) is 22.8. The molecule has 8 aromatic rings. The maximum atomic E-state index is 5.11. The molecule has 0 saturated carbocycles. The van der Waals surface area contributed by atoms with Crippen molar-refractivity contribution in [1.82, 2.24) is 15.0 Å². The van der Waals surface area contributed by atoms with Gasteiger partial charge >= 0.3 is 0 Å². The predicted octanol–water partition coefficient (Wildman–Crippen LogP) is 10.00. The zero-order chi connectivity index (χ0) is 27.9. The van der Waals surface area contributed by atoms with Crippen molar-refractivity contribution in [3.05, 3.63) is 152 Å². The molecule has 3 nitrogen and oxygen atoms in total. The van der Waals surface area contributed by atoms with E-state index in [1.165, 1.54) is 27.3 Å². The standard InChI is InChI=1S/C39H25N3/c1-3-11-26(12-4-1)28-19-20-30-24-32(22-21-29(30)23-28)38-40-37(27-13-5-2-6-14-27)41-39(42-38)36-25-31-15-7-8-16-33(31)34-17-9-10-18-35(34)36/h1-25H. The van der Waals surface area contributed by atoms with Crippen LogP contribution in [0, 0.1) is 0 Å². The fourth-order valence-electron chi connectivity index (χ4n) is 5.78. The second-order valence-corrected chi connectivity index (χ2v) is 10.5. The first kappa shape index (κ1) is 24.2. The number of fused-ring (bicyclic) bond motifs is 4. The van der Waals surface area contributed by atoms with Crippen LogP contribution >= 0.6 is 0 Å². The van der Waals surface area contributed by atoms with Gasteiger partial charge in [-0.15, -0.1) is 0 Å². The molecule has 1 heterocycles. The third kappa shape index (κ3) is 4.29. The average Bonchev–Trinajstić information content (AvgIpc) is 3.08. The van der Waals surface area contributed by atoms with E-state index < -0.39 is 0 Å². The zero-order valence-electron chi connectivity index (χ0n) is 22.8. The van der Waals surface area contributed by atoms with E-state index in [0.717, 1.165) is 32.8 Å². The fraction of sp³-hybridized carbons (Fsp3) is 0. The first-order valence-electron chi connectivity index (χ1n) is 14.1. The van der Waals surface area contributed by atoms with Crippen LogP contribution in [0.15, 0.2) is 152 Å². The van der Waals surface area contributed by atoms with E-state index in [0.29, 0.717) is 17.5 Å². The van der Waals surface area contributed by atoms with Crippen molar-refractivity contribution >= 4 is 32.3 Å². The topological polar surface area (TPSA) is 38.7 Å². The van der Waals surface area contributed by atoms with Crippen LogP contribution < -0.4 is 0 Å². The number of rotatable bonds is 4. The lowest BCUT2D eigenvalue weighted by Gasteiger charge is -2.13. The average molecular weight is 536 g/mol. The normalized spacial score (nSPS) is 11.3. The summed E-state index contributed by atoms with van der Waals surface area (Å²) in [6, 6.07) is 52.9. The van der Waals surface area contributed by atoms with Crippen LogP contribution in [0.3, 0.4) is 0 Å². The minimum atomic E-state index is 0.658. The summed E-state index contributed by atoms with van der Waals surface area (Å²) in [5.74, 6) is 1.98. The molecule has 0 bridgehead atoms. The highest BCUT2D eigenvalue weighted by Gasteiger charge is 2.16. The summed E-state index contributed by atoms with van der Waals surface area (Å²) in [6.45, 7) is 0. The Balaban J connectivity index is 1.32. The first-order valence-corrected chi connectivity index (χ1v) is 14.1. The minimum absolute atomic E-state index is 0.658. The fourth-order valence-corrected chi connectivity index (χ4v) is 5.78. The minimum Gasteiger partial charge on any atom is -0.208 e. The molecule has 3 heteroatoms. The van der Waals surface area contributed by atoms with Crippen molar-refractivity contribution in [1.29, 1.82) is 0 Å². The van der Waals surface area contributed by atoms with E-state index in [9.17, 15) is 0 Å². The molecule has 42 heavy (non-hydrogen) atoms. The molecule has 0 N–H and O–H groups in total. The van der Waals surface area contributed by atoms with Crippen molar-refractivity contribution < 1.29 is 0 Å². The maximum Gasteiger partial charge on any atom is 0.164 e. The molecule has 0 spiro atoms. The van der Waals surface area contributed by atoms with Gasteiger partial charge in [-0.2, -0.15) is 0 Å². The molecule has 0 radical (unpaired) electrons. The van der Waals surface area contributed by atoms with Crippen LogP contribution in [0.4, 0.5) is 0 Å². The van der Waals surface area contributed by atoms with Crippen LogP contribution in [-0.2, 0) is 0 Å². The summed E-state index contributed by atoms with van der Waals surface area (Å²) in [6.07, 6.45) is 0. The van der Waals surface area contributed by atoms with E-state index in [1.807, 2.05) is 36.4 Å². The quantitative estimate of drug-likeness (QED) is 0.211. The Morgan fingerprint density at radius 1 is 0.286 bits per heavy atom. The van der Waals surface area contributed by atoms with E-state index >= 15 is 0 Å². The van der Waals surface area contributed by atoms with E-state index in [1.54, 1.807) is 0 Å². The van der Waals surface area contributed by atoms with Crippen molar-refractivity contribution in [2.45, 2.75) is 0 Å². The number of aromatic nitrogens is 3. The van der Waals surface area contributed by atoms with Gasteiger partial charge in [-0.05, 0) is 61.6 Å². The Labute approximate surface area is 243 Å². The van der Waals surface area contributed by atoms with Gasteiger partial charge in [0.15, 0.2) is 17.5 Å².